The highest BCUT2D eigenvalue weighted by Gasteiger charge is 2.53. The van der Waals surface area contributed by atoms with Crippen LogP contribution in [0.3, 0.4) is 0 Å². The molecule has 102 valence electrons. The molecule has 0 aromatic carbocycles. The molecule has 0 saturated carbocycles. The second kappa shape index (κ2) is 4.82. The number of hydrogen-bond acceptors (Lipinski definition) is 7. The van der Waals surface area contributed by atoms with E-state index >= 15 is 0 Å². The Morgan fingerprint density at radius 1 is 1.39 bits per heavy atom. The Balaban J connectivity index is 2.09. The van der Waals surface area contributed by atoms with Gasteiger partial charge in [-0.05, 0) is 0 Å². The first-order valence-electron chi connectivity index (χ1n) is 5.32. The predicted octanol–water partition coefficient (Wildman–Crippen LogP) is -0.670. The number of fused-ring (bicyclic) bond motifs is 1. The second-order valence-corrected chi connectivity index (χ2v) is 6.38. The molecule has 2 heterocycles. The minimum absolute atomic E-state index is 0.0386. The zero-order valence-electron chi connectivity index (χ0n) is 9.43. The number of hydrogen-bond donors (Lipinski definition) is 0. The molecule has 0 N–H and O–H groups in total. The van der Waals surface area contributed by atoms with E-state index in [1.807, 2.05) is 0 Å². The third-order valence-electron chi connectivity index (χ3n) is 3.00. The average molecular weight is 279 g/mol. The summed E-state index contributed by atoms with van der Waals surface area (Å²) in [7, 11) is -3.41. The van der Waals surface area contributed by atoms with Crippen LogP contribution in [0.1, 0.15) is 0 Å². The van der Waals surface area contributed by atoms with Gasteiger partial charge in [0, 0.05) is 0 Å². The fourth-order valence-electron chi connectivity index (χ4n) is 2.23. The number of sulfone groups is 1. The summed E-state index contributed by atoms with van der Waals surface area (Å²) in [6, 6.07) is 0. The van der Waals surface area contributed by atoms with Gasteiger partial charge in [-0.1, -0.05) is 6.08 Å². The topological polar surface area (TPSA) is 105 Å². The molecule has 8 nitrogen and oxygen atoms in total. The fraction of sp³-hybridized carbons (Fsp3) is 0.778. The van der Waals surface area contributed by atoms with E-state index in [4.69, 9.17) is 9.47 Å². The number of nitrogens with zero attached hydrogens (tertiary/aromatic N) is 1. The average Bonchev–Trinajstić information content (AvgIpc) is 2.80. The highest BCUT2D eigenvalue weighted by Crippen LogP contribution is 2.32. The van der Waals surface area contributed by atoms with E-state index in [9.17, 15) is 18.5 Å². The van der Waals surface area contributed by atoms with E-state index < -0.39 is 38.5 Å². The standard InChI is InChI=1S/C9H13NO7S/c1-2-3-18(13,14)7-5-16-8-6(17-10(11)12)4-15-9(7)8/h2,6-9H,1,3-5H2/t6-,7-,8+,9+/m1/s1. The lowest BCUT2D eigenvalue weighted by molar-refractivity contribution is -0.769. The van der Waals surface area contributed by atoms with Gasteiger partial charge in [0.15, 0.2) is 15.9 Å². The highest BCUT2D eigenvalue weighted by atomic mass is 32.2. The Morgan fingerprint density at radius 3 is 2.67 bits per heavy atom. The van der Waals surface area contributed by atoms with Gasteiger partial charge in [-0.25, -0.2) is 8.42 Å². The molecule has 2 aliphatic heterocycles. The van der Waals surface area contributed by atoms with Gasteiger partial charge in [-0.3, -0.25) is 0 Å². The van der Waals surface area contributed by atoms with Crippen LogP contribution < -0.4 is 0 Å². The Kier molecular flexibility index (Phi) is 3.55. The van der Waals surface area contributed by atoms with Gasteiger partial charge in [0.05, 0.1) is 19.0 Å². The molecule has 2 rings (SSSR count). The Morgan fingerprint density at radius 2 is 2.06 bits per heavy atom. The lowest BCUT2D eigenvalue weighted by atomic mass is 10.1. The quantitative estimate of drug-likeness (QED) is 0.373. The van der Waals surface area contributed by atoms with Crippen LogP contribution in [0.2, 0.25) is 0 Å². The smallest absolute Gasteiger partial charge is 0.294 e. The SMILES string of the molecule is C=CCS(=O)(=O)[C@@H]1CO[C@@H]2[C@H]1OC[C@H]2O[N+](=O)[O-]. The van der Waals surface area contributed by atoms with Crippen molar-refractivity contribution in [2.45, 2.75) is 23.6 Å². The molecule has 0 amide bonds. The van der Waals surface area contributed by atoms with Crippen molar-refractivity contribution in [1.82, 2.24) is 0 Å². The van der Waals surface area contributed by atoms with Gasteiger partial charge < -0.3 is 14.3 Å². The lowest BCUT2D eigenvalue weighted by Crippen LogP contribution is -2.38. The summed E-state index contributed by atoms with van der Waals surface area (Å²) in [6.45, 7) is 3.30. The summed E-state index contributed by atoms with van der Waals surface area (Å²) in [6.07, 6.45) is -0.989. The summed E-state index contributed by atoms with van der Waals surface area (Å²) in [5, 5.41) is 8.52. The zero-order valence-corrected chi connectivity index (χ0v) is 10.2. The van der Waals surface area contributed by atoms with Crippen molar-refractivity contribution >= 4 is 9.84 Å². The number of ether oxygens (including phenoxy) is 2. The molecule has 0 aromatic heterocycles. The second-order valence-electron chi connectivity index (χ2n) is 4.12. The largest absolute Gasteiger partial charge is 0.372 e. The minimum atomic E-state index is -3.41. The van der Waals surface area contributed by atoms with Gasteiger partial charge in [0.1, 0.15) is 17.5 Å². The molecule has 0 aliphatic carbocycles. The molecule has 9 heteroatoms. The molecule has 2 saturated heterocycles. The Bertz CT molecular complexity index is 448. The van der Waals surface area contributed by atoms with Crippen LogP contribution in [-0.2, 0) is 24.1 Å². The van der Waals surface area contributed by atoms with Crippen molar-refractivity contribution < 1.29 is 27.8 Å². The van der Waals surface area contributed by atoms with Gasteiger partial charge in [0.25, 0.3) is 5.09 Å². The highest BCUT2D eigenvalue weighted by molar-refractivity contribution is 7.92. The summed E-state index contributed by atoms with van der Waals surface area (Å²) < 4.78 is 34.3. The monoisotopic (exact) mass is 279 g/mol. The third-order valence-corrected chi connectivity index (χ3v) is 5.02. The molecular formula is C9H13NO7S. The molecule has 0 bridgehead atoms. The van der Waals surface area contributed by atoms with E-state index in [2.05, 4.69) is 11.4 Å². The minimum Gasteiger partial charge on any atom is -0.372 e. The van der Waals surface area contributed by atoms with Gasteiger partial charge >= 0.3 is 0 Å². The predicted molar refractivity (Wildman–Crippen MR) is 59.1 cm³/mol. The van der Waals surface area contributed by atoms with Crippen LogP contribution in [0.5, 0.6) is 0 Å². The molecule has 0 spiro atoms. The van der Waals surface area contributed by atoms with E-state index in [0.717, 1.165) is 0 Å². The van der Waals surface area contributed by atoms with Crippen molar-refractivity contribution in [3.63, 3.8) is 0 Å². The zero-order chi connectivity index (χ0) is 13.3. The summed E-state index contributed by atoms with van der Waals surface area (Å²) in [5.74, 6) is -0.172. The van der Waals surface area contributed by atoms with E-state index in [-0.39, 0.29) is 19.0 Å². The Hall–Kier alpha value is -1.19. The molecule has 18 heavy (non-hydrogen) atoms. The van der Waals surface area contributed by atoms with Gasteiger partial charge in [-0.2, -0.15) is 0 Å². The van der Waals surface area contributed by atoms with Crippen LogP contribution >= 0.6 is 0 Å². The van der Waals surface area contributed by atoms with Crippen molar-refractivity contribution in [2.75, 3.05) is 19.0 Å². The normalized spacial score (nSPS) is 35.1. The maximum Gasteiger partial charge on any atom is 0.294 e. The third kappa shape index (κ3) is 2.33. The summed E-state index contributed by atoms with van der Waals surface area (Å²) in [4.78, 5) is 14.7. The molecule has 2 fully saturated rings. The van der Waals surface area contributed by atoms with Crippen LogP contribution in [0.15, 0.2) is 12.7 Å². The maximum atomic E-state index is 11.9. The first-order chi connectivity index (χ1) is 8.45. The summed E-state index contributed by atoms with van der Waals surface area (Å²) >= 11 is 0. The molecular weight excluding hydrogens is 266 g/mol. The van der Waals surface area contributed by atoms with Crippen molar-refractivity contribution in [3.05, 3.63) is 22.8 Å². The molecule has 2 aliphatic rings. The fourth-order valence-corrected chi connectivity index (χ4v) is 3.73. The molecule has 0 aromatic rings. The first kappa shape index (κ1) is 13.2. The number of rotatable bonds is 5. The van der Waals surface area contributed by atoms with Gasteiger partial charge in [0.2, 0.25) is 0 Å². The van der Waals surface area contributed by atoms with E-state index in [0.29, 0.717) is 0 Å². The van der Waals surface area contributed by atoms with Crippen LogP contribution in [-0.4, -0.2) is 56.0 Å². The lowest BCUT2D eigenvalue weighted by Gasteiger charge is -2.15. The molecule has 0 unspecified atom stereocenters. The van der Waals surface area contributed by atoms with Crippen LogP contribution in [0, 0.1) is 10.1 Å². The van der Waals surface area contributed by atoms with Crippen LogP contribution in [0.25, 0.3) is 0 Å². The van der Waals surface area contributed by atoms with Crippen molar-refractivity contribution in [3.8, 4) is 0 Å². The molecule has 4 atom stereocenters. The molecule has 0 radical (unpaired) electrons. The van der Waals surface area contributed by atoms with Gasteiger partial charge in [-0.15, -0.1) is 16.7 Å². The van der Waals surface area contributed by atoms with Crippen LogP contribution in [0.4, 0.5) is 0 Å². The van der Waals surface area contributed by atoms with E-state index in [1.54, 1.807) is 0 Å². The maximum absolute atomic E-state index is 11.9. The van der Waals surface area contributed by atoms with E-state index in [1.165, 1.54) is 6.08 Å². The van der Waals surface area contributed by atoms with Crippen molar-refractivity contribution in [2.24, 2.45) is 0 Å². The van der Waals surface area contributed by atoms with Crippen molar-refractivity contribution in [1.29, 1.82) is 0 Å². The first-order valence-corrected chi connectivity index (χ1v) is 7.04. The Labute approximate surface area is 104 Å². The summed E-state index contributed by atoms with van der Waals surface area (Å²) in [5.41, 5.74) is 0.